The van der Waals surface area contributed by atoms with Crippen LogP contribution < -0.4 is 10.6 Å². The van der Waals surface area contributed by atoms with Gasteiger partial charge >= 0.3 is 0 Å². The number of hydrogen-bond acceptors (Lipinski definition) is 4. The summed E-state index contributed by atoms with van der Waals surface area (Å²) in [7, 11) is 0. The van der Waals surface area contributed by atoms with Gasteiger partial charge in [0.25, 0.3) is 0 Å². The van der Waals surface area contributed by atoms with Crippen molar-refractivity contribution < 1.29 is 9.84 Å². The number of rotatable bonds is 10. The van der Waals surface area contributed by atoms with Crippen LogP contribution in [0.5, 0.6) is 0 Å². The van der Waals surface area contributed by atoms with Crippen molar-refractivity contribution in [3.05, 3.63) is 93.7 Å². The lowest BCUT2D eigenvalue weighted by molar-refractivity contribution is 0.0655. The molecule has 0 aliphatic rings. The first-order chi connectivity index (χ1) is 15.1. The van der Waals surface area contributed by atoms with Crippen LogP contribution in [0, 0.1) is 0 Å². The molecule has 0 bridgehead atoms. The Bertz CT molecular complexity index is 930. The summed E-state index contributed by atoms with van der Waals surface area (Å²) >= 11 is 1.55. The van der Waals surface area contributed by atoms with Crippen molar-refractivity contribution in [3.63, 3.8) is 0 Å². The number of aliphatic imine (C=N–C) groups is 1. The lowest BCUT2D eigenvalue weighted by Crippen LogP contribution is -2.44. The maximum Gasteiger partial charge on any atom is 0.191 e. The fourth-order valence-corrected chi connectivity index (χ4v) is 3.83. The molecule has 172 valence electrons. The van der Waals surface area contributed by atoms with Crippen molar-refractivity contribution >= 4 is 41.3 Å². The van der Waals surface area contributed by atoms with Crippen LogP contribution >= 0.6 is 35.3 Å². The second-order valence-electron chi connectivity index (χ2n) is 7.59. The van der Waals surface area contributed by atoms with E-state index in [9.17, 15) is 5.11 Å². The molecule has 3 N–H and O–H groups in total. The first kappa shape index (κ1) is 26.3. The Morgan fingerprint density at radius 3 is 2.22 bits per heavy atom. The highest BCUT2D eigenvalue weighted by molar-refractivity contribution is 14.0. The molecule has 0 aliphatic carbocycles. The third-order valence-electron chi connectivity index (χ3n) is 4.82. The van der Waals surface area contributed by atoms with Crippen LogP contribution in [-0.2, 0) is 30.1 Å². The van der Waals surface area contributed by atoms with E-state index in [1.165, 1.54) is 5.56 Å². The summed E-state index contributed by atoms with van der Waals surface area (Å²) in [6.45, 7) is 6.73. The number of hydrogen-bond donors (Lipinski definition) is 3. The van der Waals surface area contributed by atoms with Gasteiger partial charge < -0.3 is 20.5 Å². The predicted molar refractivity (Wildman–Crippen MR) is 144 cm³/mol. The van der Waals surface area contributed by atoms with E-state index in [0.29, 0.717) is 32.3 Å². The van der Waals surface area contributed by atoms with Gasteiger partial charge in [-0.15, -0.1) is 35.3 Å². The second kappa shape index (κ2) is 13.6. The predicted octanol–water partition coefficient (Wildman–Crippen LogP) is 5.05. The van der Waals surface area contributed by atoms with Crippen LogP contribution in [0.4, 0.5) is 0 Å². The Morgan fingerprint density at radius 1 is 0.938 bits per heavy atom. The largest absolute Gasteiger partial charge is 0.383 e. The van der Waals surface area contributed by atoms with Crippen molar-refractivity contribution in [2.45, 2.75) is 39.2 Å². The quantitative estimate of drug-likeness (QED) is 0.183. The van der Waals surface area contributed by atoms with E-state index in [1.54, 1.807) is 11.3 Å². The fraction of sp³-hybridized carbons (Fsp3) is 0.320. The number of nitrogens with one attached hydrogen (secondary N) is 2. The molecule has 0 aliphatic heterocycles. The standard InChI is InChI=1S/C25H31N3O2S.HI/c1-3-26-24(28-19-25(2,29)23-10-7-15-31-23)27-16-20-11-13-22(14-12-20)18-30-17-21-8-5-4-6-9-21;/h4-15,29H,3,16-19H2,1-2H3,(H2,26,27,28);1H. The topological polar surface area (TPSA) is 65.9 Å². The summed E-state index contributed by atoms with van der Waals surface area (Å²) in [5.74, 6) is 0.689. The zero-order valence-electron chi connectivity index (χ0n) is 18.6. The third-order valence-corrected chi connectivity index (χ3v) is 5.94. The van der Waals surface area contributed by atoms with Crippen molar-refractivity contribution in [1.29, 1.82) is 0 Å². The Morgan fingerprint density at radius 2 is 1.59 bits per heavy atom. The number of halogens is 1. The average molecular weight is 566 g/mol. The van der Waals surface area contributed by atoms with E-state index in [2.05, 4.69) is 52.0 Å². The van der Waals surface area contributed by atoms with Gasteiger partial charge in [-0.3, -0.25) is 0 Å². The van der Waals surface area contributed by atoms with Gasteiger partial charge in [0.2, 0.25) is 0 Å². The minimum atomic E-state index is -0.939. The number of guanidine groups is 1. The highest BCUT2D eigenvalue weighted by Gasteiger charge is 2.24. The number of aliphatic hydroxyl groups is 1. The fourth-order valence-electron chi connectivity index (χ4n) is 3.04. The van der Waals surface area contributed by atoms with Crippen LogP contribution in [0.2, 0.25) is 0 Å². The van der Waals surface area contributed by atoms with Crippen molar-refractivity contribution in [2.75, 3.05) is 13.1 Å². The summed E-state index contributed by atoms with van der Waals surface area (Å²) in [5, 5.41) is 19.2. The average Bonchev–Trinajstić information content (AvgIpc) is 3.34. The zero-order chi connectivity index (χ0) is 21.9. The molecular weight excluding hydrogens is 533 g/mol. The van der Waals surface area contributed by atoms with Gasteiger partial charge in [0.05, 0.1) is 26.3 Å². The van der Waals surface area contributed by atoms with E-state index in [1.807, 2.05) is 49.6 Å². The molecule has 7 heteroatoms. The van der Waals surface area contributed by atoms with E-state index in [4.69, 9.17) is 4.74 Å². The van der Waals surface area contributed by atoms with Crippen LogP contribution in [0.25, 0.3) is 0 Å². The summed E-state index contributed by atoms with van der Waals surface area (Å²) in [5.41, 5.74) is 2.50. The van der Waals surface area contributed by atoms with Gasteiger partial charge in [0, 0.05) is 11.4 Å². The molecule has 0 amide bonds. The van der Waals surface area contributed by atoms with Gasteiger partial charge in [-0.1, -0.05) is 60.7 Å². The molecule has 32 heavy (non-hydrogen) atoms. The molecule has 1 unspecified atom stereocenters. The lowest BCUT2D eigenvalue weighted by Gasteiger charge is -2.23. The van der Waals surface area contributed by atoms with E-state index in [0.717, 1.165) is 22.5 Å². The van der Waals surface area contributed by atoms with E-state index in [-0.39, 0.29) is 24.0 Å². The molecule has 3 rings (SSSR count). The molecule has 0 fully saturated rings. The maximum atomic E-state index is 10.7. The molecular formula is C25H32IN3O2S. The molecule has 1 aromatic heterocycles. The van der Waals surface area contributed by atoms with Gasteiger partial charge in [0.15, 0.2) is 5.96 Å². The molecule has 5 nitrogen and oxygen atoms in total. The number of nitrogens with zero attached hydrogens (tertiary/aromatic N) is 1. The van der Waals surface area contributed by atoms with Crippen molar-refractivity contribution in [1.82, 2.24) is 10.6 Å². The molecule has 3 aromatic rings. The first-order valence-corrected chi connectivity index (χ1v) is 11.4. The van der Waals surface area contributed by atoms with Gasteiger partial charge in [0.1, 0.15) is 5.60 Å². The molecule has 0 radical (unpaired) electrons. The second-order valence-corrected chi connectivity index (χ2v) is 8.54. The third kappa shape index (κ3) is 8.54. The Labute approximate surface area is 212 Å². The molecule has 1 heterocycles. The Kier molecular flexibility index (Phi) is 11.2. The first-order valence-electron chi connectivity index (χ1n) is 10.5. The Hall–Kier alpha value is -1.94. The number of benzene rings is 2. The van der Waals surface area contributed by atoms with Gasteiger partial charge in [-0.25, -0.2) is 4.99 Å². The summed E-state index contributed by atoms with van der Waals surface area (Å²) in [6, 6.07) is 22.4. The normalized spacial score (nSPS) is 13.2. The lowest BCUT2D eigenvalue weighted by atomic mass is 10.1. The van der Waals surface area contributed by atoms with Crippen molar-refractivity contribution in [2.24, 2.45) is 4.99 Å². The maximum absolute atomic E-state index is 10.7. The zero-order valence-corrected chi connectivity index (χ0v) is 21.7. The number of ether oxygens (including phenoxy) is 1. The molecule has 1 atom stereocenters. The minimum absolute atomic E-state index is 0. The van der Waals surface area contributed by atoms with Crippen LogP contribution in [-0.4, -0.2) is 24.2 Å². The molecule has 0 saturated heterocycles. The highest BCUT2D eigenvalue weighted by atomic mass is 127. The van der Waals surface area contributed by atoms with Crippen LogP contribution in [0.15, 0.2) is 77.1 Å². The Balaban J connectivity index is 0.00000363. The summed E-state index contributed by atoms with van der Waals surface area (Å²) in [4.78, 5) is 5.59. The van der Waals surface area contributed by atoms with Crippen molar-refractivity contribution in [3.8, 4) is 0 Å². The van der Waals surface area contributed by atoms with Crippen LogP contribution in [0.3, 0.4) is 0 Å². The monoisotopic (exact) mass is 565 g/mol. The van der Waals surface area contributed by atoms with E-state index >= 15 is 0 Å². The molecule has 0 spiro atoms. The van der Waals surface area contributed by atoms with Crippen LogP contribution in [0.1, 0.15) is 35.4 Å². The van der Waals surface area contributed by atoms with Gasteiger partial charge in [-0.05, 0) is 42.0 Å². The summed E-state index contributed by atoms with van der Waals surface area (Å²) in [6.07, 6.45) is 0. The minimum Gasteiger partial charge on any atom is -0.383 e. The highest BCUT2D eigenvalue weighted by Crippen LogP contribution is 2.24. The smallest absolute Gasteiger partial charge is 0.191 e. The summed E-state index contributed by atoms with van der Waals surface area (Å²) < 4.78 is 5.80. The van der Waals surface area contributed by atoms with E-state index < -0.39 is 5.60 Å². The number of thiophene rings is 1. The van der Waals surface area contributed by atoms with Gasteiger partial charge in [-0.2, -0.15) is 0 Å². The molecule has 2 aromatic carbocycles. The molecule has 0 saturated carbocycles. The SMILES string of the molecule is CCNC(=NCc1ccc(COCc2ccccc2)cc1)NCC(C)(O)c1cccs1.I.